The Kier molecular flexibility index (Phi) is 4.46. The van der Waals surface area contributed by atoms with E-state index in [1.165, 1.54) is 36.4 Å². The van der Waals surface area contributed by atoms with Crippen molar-refractivity contribution in [2.45, 2.75) is 6.36 Å². The zero-order chi connectivity index (χ0) is 16.3. The van der Waals surface area contributed by atoms with Gasteiger partial charge in [0.25, 0.3) is 5.91 Å². The van der Waals surface area contributed by atoms with E-state index in [0.29, 0.717) is 5.69 Å². The van der Waals surface area contributed by atoms with Crippen molar-refractivity contribution in [2.75, 3.05) is 11.1 Å². The second-order valence-electron chi connectivity index (χ2n) is 4.23. The molecule has 0 heterocycles. The number of benzene rings is 2. The van der Waals surface area contributed by atoms with Crippen LogP contribution in [0.5, 0.6) is 5.75 Å². The summed E-state index contributed by atoms with van der Waals surface area (Å²) in [6.45, 7) is 0. The standard InChI is InChI=1S/C14H10ClF3N2O2/c15-9-7-8(5-6-10(9)19)13(21)20-11-3-1-2-4-12(11)22-14(16,17)18/h1-7H,19H2,(H,20,21). The number of hydrogen-bond donors (Lipinski definition) is 2. The smallest absolute Gasteiger partial charge is 0.404 e. The van der Waals surface area contributed by atoms with E-state index in [1.54, 1.807) is 0 Å². The van der Waals surface area contributed by atoms with Crippen LogP contribution in [0.3, 0.4) is 0 Å². The first kappa shape index (κ1) is 16.0. The first-order chi connectivity index (χ1) is 10.3. The molecule has 8 heteroatoms. The van der Waals surface area contributed by atoms with Gasteiger partial charge in [-0.15, -0.1) is 13.2 Å². The van der Waals surface area contributed by atoms with Crippen LogP contribution in [-0.2, 0) is 0 Å². The second-order valence-corrected chi connectivity index (χ2v) is 4.64. The lowest BCUT2D eigenvalue weighted by Gasteiger charge is -2.14. The molecule has 0 atom stereocenters. The van der Waals surface area contributed by atoms with Gasteiger partial charge in [0.15, 0.2) is 5.75 Å². The SMILES string of the molecule is Nc1ccc(C(=O)Nc2ccccc2OC(F)(F)F)cc1Cl. The van der Waals surface area contributed by atoms with Gasteiger partial charge in [-0.1, -0.05) is 23.7 Å². The van der Waals surface area contributed by atoms with Gasteiger partial charge in [-0.3, -0.25) is 4.79 Å². The van der Waals surface area contributed by atoms with Crippen molar-refractivity contribution in [2.24, 2.45) is 0 Å². The molecule has 3 N–H and O–H groups in total. The molecule has 4 nitrogen and oxygen atoms in total. The molecular formula is C14H10ClF3N2O2. The van der Waals surface area contributed by atoms with Gasteiger partial charge in [0, 0.05) is 5.56 Å². The normalized spacial score (nSPS) is 11.1. The molecule has 0 saturated carbocycles. The van der Waals surface area contributed by atoms with E-state index in [9.17, 15) is 18.0 Å². The summed E-state index contributed by atoms with van der Waals surface area (Å²) in [5.74, 6) is -1.15. The van der Waals surface area contributed by atoms with Gasteiger partial charge in [0.2, 0.25) is 0 Å². The van der Waals surface area contributed by atoms with Gasteiger partial charge in [-0.05, 0) is 30.3 Å². The fourth-order valence-electron chi connectivity index (χ4n) is 1.65. The van der Waals surface area contributed by atoms with Gasteiger partial charge < -0.3 is 15.8 Å². The molecular weight excluding hydrogens is 321 g/mol. The molecule has 0 aromatic heterocycles. The summed E-state index contributed by atoms with van der Waals surface area (Å²) in [5, 5.41) is 2.51. The number of amides is 1. The molecule has 1 amide bonds. The molecule has 116 valence electrons. The molecule has 0 unspecified atom stereocenters. The van der Waals surface area contributed by atoms with Crippen molar-refractivity contribution in [3.8, 4) is 5.75 Å². The first-order valence-electron chi connectivity index (χ1n) is 5.97. The van der Waals surface area contributed by atoms with Crippen LogP contribution in [-0.4, -0.2) is 12.3 Å². The minimum absolute atomic E-state index is 0.113. The zero-order valence-corrected chi connectivity index (χ0v) is 11.7. The minimum Gasteiger partial charge on any atom is -0.404 e. The molecule has 2 aromatic carbocycles. The number of rotatable bonds is 3. The predicted molar refractivity (Wildman–Crippen MR) is 76.9 cm³/mol. The van der Waals surface area contributed by atoms with Crippen LogP contribution in [0.1, 0.15) is 10.4 Å². The van der Waals surface area contributed by atoms with Crippen molar-refractivity contribution in [1.29, 1.82) is 0 Å². The highest BCUT2D eigenvalue weighted by molar-refractivity contribution is 6.33. The number of carbonyl (C=O) groups is 1. The monoisotopic (exact) mass is 330 g/mol. The lowest BCUT2D eigenvalue weighted by atomic mass is 10.2. The Bertz CT molecular complexity index is 705. The molecule has 22 heavy (non-hydrogen) atoms. The van der Waals surface area contributed by atoms with E-state index in [2.05, 4.69) is 10.1 Å². The summed E-state index contributed by atoms with van der Waals surface area (Å²) in [6, 6.07) is 9.36. The number of alkyl halides is 3. The van der Waals surface area contributed by atoms with Crippen molar-refractivity contribution >= 4 is 28.9 Å². The Morgan fingerprint density at radius 2 is 1.86 bits per heavy atom. The average molecular weight is 331 g/mol. The zero-order valence-electron chi connectivity index (χ0n) is 10.9. The molecule has 2 rings (SSSR count). The number of carbonyl (C=O) groups excluding carboxylic acids is 1. The summed E-state index contributed by atoms with van der Waals surface area (Å²) in [6.07, 6.45) is -4.86. The maximum Gasteiger partial charge on any atom is 0.573 e. The van der Waals surface area contributed by atoms with E-state index in [4.69, 9.17) is 17.3 Å². The third kappa shape index (κ3) is 4.05. The molecule has 0 radical (unpaired) electrons. The number of nitrogen functional groups attached to an aromatic ring is 1. The van der Waals surface area contributed by atoms with Crippen LogP contribution < -0.4 is 15.8 Å². The highest BCUT2D eigenvalue weighted by Crippen LogP contribution is 2.30. The Labute approximate surface area is 128 Å². The lowest BCUT2D eigenvalue weighted by Crippen LogP contribution is -2.19. The van der Waals surface area contributed by atoms with Crippen LogP contribution >= 0.6 is 11.6 Å². The topological polar surface area (TPSA) is 64.4 Å². The van der Waals surface area contributed by atoms with E-state index in [1.807, 2.05) is 0 Å². The summed E-state index contributed by atoms with van der Waals surface area (Å²) in [4.78, 5) is 12.0. The highest BCUT2D eigenvalue weighted by atomic mass is 35.5. The van der Waals surface area contributed by atoms with Gasteiger partial charge in [-0.25, -0.2) is 0 Å². The number of hydrogen-bond acceptors (Lipinski definition) is 3. The summed E-state index contributed by atoms with van der Waals surface area (Å²) >= 11 is 5.80. The van der Waals surface area contributed by atoms with E-state index in [0.717, 1.165) is 6.07 Å². The van der Waals surface area contributed by atoms with Crippen LogP contribution in [0.25, 0.3) is 0 Å². The quantitative estimate of drug-likeness (QED) is 0.834. The van der Waals surface area contributed by atoms with E-state index >= 15 is 0 Å². The molecule has 0 aliphatic rings. The van der Waals surface area contributed by atoms with Gasteiger partial charge >= 0.3 is 6.36 Å². The number of nitrogens with one attached hydrogen (secondary N) is 1. The maximum atomic E-state index is 12.3. The molecule has 0 aliphatic carbocycles. The van der Waals surface area contributed by atoms with Crippen molar-refractivity contribution in [3.63, 3.8) is 0 Å². The fourth-order valence-corrected chi connectivity index (χ4v) is 1.83. The largest absolute Gasteiger partial charge is 0.573 e. The second kappa shape index (κ2) is 6.15. The molecule has 0 spiro atoms. The molecule has 0 aliphatic heterocycles. The number of para-hydroxylation sites is 2. The Hall–Kier alpha value is -2.41. The Balaban J connectivity index is 2.23. The first-order valence-corrected chi connectivity index (χ1v) is 6.35. The predicted octanol–water partition coefficient (Wildman–Crippen LogP) is 4.07. The molecule has 0 fully saturated rings. The number of nitrogens with two attached hydrogens (primary N) is 1. The molecule has 2 aromatic rings. The number of ether oxygens (including phenoxy) is 1. The van der Waals surface area contributed by atoms with Gasteiger partial charge in [-0.2, -0.15) is 0 Å². The number of halogens is 4. The summed E-state index contributed by atoms with van der Waals surface area (Å²) < 4.78 is 40.8. The Morgan fingerprint density at radius 1 is 1.18 bits per heavy atom. The summed E-state index contributed by atoms with van der Waals surface area (Å²) in [5.41, 5.74) is 5.86. The van der Waals surface area contributed by atoms with Crippen molar-refractivity contribution < 1.29 is 22.7 Å². The number of anilines is 2. The van der Waals surface area contributed by atoms with E-state index < -0.39 is 18.0 Å². The molecule has 0 saturated heterocycles. The third-order valence-corrected chi connectivity index (χ3v) is 2.95. The minimum atomic E-state index is -4.86. The third-order valence-electron chi connectivity index (χ3n) is 2.62. The Morgan fingerprint density at radius 3 is 2.50 bits per heavy atom. The van der Waals surface area contributed by atoms with Gasteiger partial charge in [0.05, 0.1) is 16.4 Å². The lowest BCUT2D eigenvalue weighted by molar-refractivity contribution is -0.274. The van der Waals surface area contributed by atoms with Crippen LogP contribution in [0.15, 0.2) is 42.5 Å². The maximum absolute atomic E-state index is 12.3. The fraction of sp³-hybridized carbons (Fsp3) is 0.0714. The summed E-state index contributed by atoms with van der Waals surface area (Å²) in [7, 11) is 0. The van der Waals surface area contributed by atoms with E-state index in [-0.39, 0.29) is 16.3 Å². The average Bonchev–Trinajstić information content (AvgIpc) is 2.42. The van der Waals surface area contributed by atoms with Gasteiger partial charge in [0.1, 0.15) is 0 Å². The molecule has 0 bridgehead atoms. The van der Waals surface area contributed by atoms with Crippen molar-refractivity contribution in [1.82, 2.24) is 0 Å². The highest BCUT2D eigenvalue weighted by Gasteiger charge is 2.32. The van der Waals surface area contributed by atoms with Crippen molar-refractivity contribution in [3.05, 3.63) is 53.1 Å². The van der Waals surface area contributed by atoms with Crippen LogP contribution in [0.4, 0.5) is 24.5 Å². The van der Waals surface area contributed by atoms with Crippen LogP contribution in [0.2, 0.25) is 5.02 Å². The van der Waals surface area contributed by atoms with Crippen LogP contribution in [0, 0.1) is 0 Å².